The van der Waals surface area contributed by atoms with Gasteiger partial charge in [-0.1, -0.05) is 19.9 Å². The van der Waals surface area contributed by atoms with Gasteiger partial charge < -0.3 is 10.6 Å². The Hall–Kier alpha value is -1.01. The molecule has 6 heteroatoms. The van der Waals surface area contributed by atoms with Crippen molar-refractivity contribution in [2.24, 2.45) is 0 Å². The molecular formula is C13H20N2O2S2. The molecule has 0 saturated carbocycles. The maximum Gasteiger partial charge on any atom is 0.243 e. The number of amides is 2. The first-order valence-corrected chi connectivity index (χ1v) is 7.57. The number of nitrogens with one attached hydrogen (secondary N) is 2. The van der Waals surface area contributed by atoms with E-state index in [9.17, 15) is 9.59 Å². The highest BCUT2D eigenvalue weighted by molar-refractivity contribution is 7.80. The minimum Gasteiger partial charge on any atom is -0.353 e. The number of rotatable bonds is 6. The Morgan fingerprint density at radius 3 is 2.63 bits per heavy atom. The second-order valence-electron chi connectivity index (χ2n) is 5.01. The molecule has 106 valence electrons. The van der Waals surface area contributed by atoms with Crippen molar-refractivity contribution in [3.8, 4) is 0 Å². The summed E-state index contributed by atoms with van der Waals surface area (Å²) in [7, 11) is 0. The summed E-state index contributed by atoms with van der Waals surface area (Å²) in [5.74, 6) is -0.147. The fraction of sp³-hybridized carbons (Fsp3) is 0.538. The summed E-state index contributed by atoms with van der Waals surface area (Å²) in [6.07, 6.45) is 0. The van der Waals surface area contributed by atoms with Gasteiger partial charge in [-0.3, -0.25) is 9.59 Å². The van der Waals surface area contributed by atoms with Gasteiger partial charge in [-0.25, -0.2) is 0 Å². The number of thiophene rings is 1. The molecule has 1 rings (SSSR count). The number of thiol groups is 1. The van der Waals surface area contributed by atoms with E-state index in [2.05, 4.69) is 43.2 Å². The van der Waals surface area contributed by atoms with Crippen molar-refractivity contribution in [2.45, 2.75) is 32.2 Å². The van der Waals surface area contributed by atoms with E-state index in [1.165, 1.54) is 11.8 Å². The average molecular weight is 300 g/mol. The molecule has 0 aliphatic heterocycles. The molecule has 0 saturated heterocycles. The summed E-state index contributed by atoms with van der Waals surface area (Å²) in [4.78, 5) is 24.2. The minimum atomic E-state index is -0.583. The highest BCUT2D eigenvalue weighted by atomic mass is 32.1. The molecule has 0 fully saturated rings. The average Bonchev–Trinajstić information content (AvgIpc) is 2.87. The molecule has 1 unspecified atom stereocenters. The molecule has 1 atom stereocenters. The van der Waals surface area contributed by atoms with Gasteiger partial charge in [0.1, 0.15) is 6.04 Å². The van der Waals surface area contributed by atoms with Gasteiger partial charge in [0, 0.05) is 29.5 Å². The van der Waals surface area contributed by atoms with Crippen molar-refractivity contribution >= 4 is 35.8 Å². The van der Waals surface area contributed by atoms with Gasteiger partial charge >= 0.3 is 0 Å². The molecule has 0 bridgehead atoms. The van der Waals surface area contributed by atoms with Crippen LogP contribution in [-0.2, 0) is 15.0 Å². The van der Waals surface area contributed by atoms with Crippen LogP contribution in [0.3, 0.4) is 0 Å². The third-order valence-corrected chi connectivity index (χ3v) is 4.37. The molecule has 0 aliphatic carbocycles. The molecule has 1 aromatic rings. The summed E-state index contributed by atoms with van der Waals surface area (Å²) in [6.45, 7) is 6.07. The molecule has 19 heavy (non-hydrogen) atoms. The van der Waals surface area contributed by atoms with E-state index in [-0.39, 0.29) is 23.0 Å². The van der Waals surface area contributed by atoms with Crippen LogP contribution in [-0.4, -0.2) is 30.2 Å². The number of hydrogen-bond acceptors (Lipinski definition) is 4. The fourth-order valence-electron chi connectivity index (χ4n) is 1.62. The zero-order valence-corrected chi connectivity index (χ0v) is 13.1. The Kier molecular flexibility index (Phi) is 5.87. The maximum absolute atomic E-state index is 12.0. The molecule has 1 aromatic heterocycles. The summed E-state index contributed by atoms with van der Waals surface area (Å²) in [5, 5.41) is 7.47. The van der Waals surface area contributed by atoms with Crippen LogP contribution in [0.15, 0.2) is 17.5 Å². The van der Waals surface area contributed by atoms with Gasteiger partial charge in [0.25, 0.3) is 0 Å². The smallest absolute Gasteiger partial charge is 0.243 e. The lowest BCUT2D eigenvalue weighted by Gasteiger charge is -2.25. The summed E-state index contributed by atoms with van der Waals surface area (Å²) >= 11 is 5.75. The van der Waals surface area contributed by atoms with Gasteiger partial charge in [-0.15, -0.1) is 11.3 Å². The molecule has 2 amide bonds. The van der Waals surface area contributed by atoms with E-state index in [0.29, 0.717) is 6.54 Å². The number of hydrogen-bond donors (Lipinski definition) is 3. The van der Waals surface area contributed by atoms with E-state index < -0.39 is 6.04 Å². The third-order valence-electron chi connectivity index (χ3n) is 2.77. The first-order valence-electron chi connectivity index (χ1n) is 6.06. The van der Waals surface area contributed by atoms with Crippen LogP contribution < -0.4 is 10.6 Å². The second kappa shape index (κ2) is 6.96. The molecule has 0 aliphatic rings. The predicted octanol–water partition coefficient (Wildman–Crippen LogP) is 1.58. The standard InChI is InChI=1S/C13H20N2O2S2/c1-9(16)15-10(7-18)12(17)14-8-13(2,3)11-5-4-6-19-11/h4-6,10,18H,7-8H2,1-3H3,(H,14,17)(H,15,16). The molecule has 1 heterocycles. The van der Waals surface area contributed by atoms with Gasteiger partial charge in [-0.2, -0.15) is 12.6 Å². The Morgan fingerprint density at radius 1 is 1.47 bits per heavy atom. The first-order chi connectivity index (χ1) is 8.86. The maximum atomic E-state index is 12.0. The number of carbonyl (C=O) groups excluding carboxylic acids is 2. The van der Waals surface area contributed by atoms with E-state index in [1.54, 1.807) is 11.3 Å². The van der Waals surface area contributed by atoms with Crippen LogP contribution in [0.2, 0.25) is 0 Å². The topological polar surface area (TPSA) is 58.2 Å². The summed E-state index contributed by atoms with van der Waals surface area (Å²) < 4.78 is 0. The minimum absolute atomic E-state index is 0.124. The lowest BCUT2D eigenvalue weighted by atomic mass is 9.91. The summed E-state index contributed by atoms with van der Waals surface area (Å²) in [6, 6.07) is 3.47. The third kappa shape index (κ3) is 4.87. The zero-order valence-electron chi connectivity index (χ0n) is 11.4. The monoisotopic (exact) mass is 300 g/mol. The van der Waals surface area contributed by atoms with Crippen molar-refractivity contribution in [2.75, 3.05) is 12.3 Å². The zero-order chi connectivity index (χ0) is 14.5. The lowest BCUT2D eigenvalue weighted by Crippen LogP contribution is -2.49. The molecule has 0 radical (unpaired) electrons. The fourth-order valence-corrected chi connectivity index (χ4v) is 2.73. The van der Waals surface area contributed by atoms with Crippen molar-refractivity contribution in [3.63, 3.8) is 0 Å². The van der Waals surface area contributed by atoms with Crippen molar-refractivity contribution in [3.05, 3.63) is 22.4 Å². The Labute approximate surface area is 123 Å². The van der Waals surface area contributed by atoms with Gasteiger partial charge in [0.2, 0.25) is 11.8 Å². The number of carbonyl (C=O) groups is 2. The van der Waals surface area contributed by atoms with Gasteiger partial charge in [0.15, 0.2) is 0 Å². The Morgan fingerprint density at radius 2 is 2.16 bits per heavy atom. The lowest BCUT2D eigenvalue weighted by molar-refractivity contribution is -0.127. The largest absolute Gasteiger partial charge is 0.353 e. The highest BCUT2D eigenvalue weighted by Gasteiger charge is 2.24. The normalized spacial score (nSPS) is 12.8. The van der Waals surface area contributed by atoms with E-state index >= 15 is 0 Å². The van der Waals surface area contributed by atoms with E-state index in [0.717, 1.165) is 0 Å². The van der Waals surface area contributed by atoms with Crippen LogP contribution in [0, 0.1) is 0 Å². The Balaban J connectivity index is 2.55. The van der Waals surface area contributed by atoms with Gasteiger partial charge in [0.05, 0.1) is 0 Å². The SMILES string of the molecule is CC(=O)NC(CS)C(=O)NCC(C)(C)c1cccs1. The highest BCUT2D eigenvalue weighted by Crippen LogP contribution is 2.26. The first kappa shape index (κ1) is 16.0. The van der Waals surface area contributed by atoms with Crippen LogP contribution in [0.25, 0.3) is 0 Å². The van der Waals surface area contributed by atoms with Crippen LogP contribution in [0.4, 0.5) is 0 Å². The molecule has 2 N–H and O–H groups in total. The van der Waals surface area contributed by atoms with E-state index in [1.807, 2.05) is 11.4 Å². The molecule has 0 aromatic carbocycles. The molecule has 0 spiro atoms. The van der Waals surface area contributed by atoms with Crippen molar-refractivity contribution < 1.29 is 9.59 Å². The van der Waals surface area contributed by atoms with Gasteiger partial charge in [-0.05, 0) is 11.4 Å². The van der Waals surface area contributed by atoms with Crippen LogP contribution in [0.5, 0.6) is 0 Å². The van der Waals surface area contributed by atoms with Crippen LogP contribution >= 0.6 is 24.0 Å². The molecule has 4 nitrogen and oxygen atoms in total. The quantitative estimate of drug-likeness (QED) is 0.699. The molecular weight excluding hydrogens is 280 g/mol. The van der Waals surface area contributed by atoms with E-state index in [4.69, 9.17) is 0 Å². The van der Waals surface area contributed by atoms with Crippen LogP contribution in [0.1, 0.15) is 25.6 Å². The van der Waals surface area contributed by atoms with Crippen molar-refractivity contribution in [1.29, 1.82) is 0 Å². The second-order valence-corrected chi connectivity index (χ2v) is 6.33. The predicted molar refractivity (Wildman–Crippen MR) is 81.8 cm³/mol. The Bertz CT molecular complexity index is 430. The van der Waals surface area contributed by atoms with Crippen molar-refractivity contribution in [1.82, 2.24) is 10.6 Å². The summed E-state index contributed by atoms with van der Waals surface area (Å²) in [5.41, 5.74) is -0.124.